The second-order valence-electron chi connectivity index (χ2n) is 16.6. The third kappa shape index (κ3) is 10.00. The molecular weight excluding hydrogens is 875 g/mol. The van der Waals surface area contributed by atoms with Gasteiger partial charge in [-0.3, -0.25) is 23.9 Å². The van der Waals surface area contributed by atoms with Gasteiger partial charge in [0.05, 0.1) is 23.6 Å². The Morgan fingerprint density at radius 3 is 1.71 bits per heavy atom. The van der Waals surface area contributed by atoms with E-state index >= 15 is 4.79 Å². The van der Waals surface area contributed by atoms with E-state index in [4.69, 9.17) is 20.9 Å². The van der Waals surface area contributed by atoms with Gasteiger partial charge in [0.15, 0.2) is 23.1 Å². The van der Waals surface area contributed by atoms with Gasteiger partial charge in [0.2, 0.25) is 0 Å². The van der Waals surface area contributed by atoms with Crippen molar-refractivity contribution in [2.45, 2.75) is 37.9 Å². The van der Waals surface area contributed by atoms with Crippen molar-refractivity contribution in [3.05, 3.63) is 162 Å². The predicted molar refractivity (Wildman–Crippen MR) is 271 cm³/mol. The summed E-state index contributed by atoms with van der Waals surface area (Å²) in [6.07, 6.45) is 11.5. The number of nitrogens with zero attached hydrogens (tertiary/aromatic N) is 8. The van der Waals surface area contributed by atoms with E-state index in [9.17, 15) is 4.79 Å². The number of nitrogen functional groups attached to an aromatic ring is 2. The minimum absolute atomic E-state index is 0.235. The van der Waals surface area contributed by atoms with Gasteiger partial charge in [-0.15, -0.1) is 11.8 Å². The highest BCUT2D eigenvalue weighted by atomic mass is 32.2. The lowest BCUT2D eigenvalue weighted by molar-refractivity contribution is 0.0999. The van der Waals surface area contributed by atoms with Crippen LogP contribution in [-0.2, 0) is 14.1 Å². The largest absolute Gasteiger partial charge is 0.482 e. The first-order chi connectivity index (χ1) is 32.7. The Morgan fingerprint density at radius 1 is 0.691 bits per heavy atom. The van der Waals surface area contributed by atoms with Crippen LogP contribution in [0, 0.1) is 6.92 Å². The summed E-state index contributed by atoms with van der Waals surface area (Å²) in [6.45, 7) is 5.82. The molecule has 8 rings (SSSR count). The highest BCUT2D eigenvalue weighted by Crippen LogP contribution is 2.38. The topological polar surface area (TPSA) is 185 Å². The van der Waals surface area contributed by atoms with Crippen LogP contribution in [-0.4, -0.2) is 61.7 Å². The van der Waals surface area contributed by atoms with Crippen LogP contribution in [0.3, 0.4) is 0 Å². The lowest BCUT2D eigenvalue weighted by Gasteiger charge is -2.27. The molecule has 346 valence electrons. The average molecular weight is 928 g/mol. The number of hydrogen-bond acceptors (Lipinski definition) is 12. The van der Waals surface area contributed by atoms with Crippen LogP contribution >= 0.6 is 11.8 Å². The monoisotopic (exact) mass is 927 g/mol. The Morgan fingerprint density at radius 2 is 1.22 bits per heavy atom. The zero-order valence-electron chi connectivity index (χ0n) is 39.1. The van der Waals surface area contributed by atoms with E-state index in [-0.39, 0.29) is 29.0 Å². The smallest absolute Gasteiger partial charge is 0.264 e. The van der Waals surface area contributed by atoms with Crippen molar-refractivity contribution in [3.8, 4) is 33.8 Å². The molecule has 0 fully saturated rings. The molecule has 4 heterocycles. The summed E-state index contributed by atoms with van der Waals surface area (Å²) in [4.78, 5) is 42.8. The average Bonchev–Trinajstić information content (AvgIpc) is 3.98. The van der Waals surface area contributed by atoms with Crippen molar-refractivity contribution in [2.24, 2.45) is 14.1 Å². The van der Waals surface area contributed by atoms with Crippen LogP contribution < -0.4 is 36.1 Å². The van der Waals surface area contributed by atoms with Gasteiger partial charge >= 0.3 is 0 Å². The summed E-state index contributed by atoms with van der Waals surface area (Å²) in [7, 11) is 7.56. The molecule has 8 aromatic rings. The number of anilines is 6. The molecule has 4 aromatic carbocycles. The maximum absolute atomic E-state index is 15.6. The maximum atomic E-state index is 15.6. The van der Waals surface area contributed by atoms with Gasteiger partial charge in [0, 0.05) is 103 Å². The molecule has 0 spiro atoms. The Kier molecular flexibility index (Phi) is 13.5. The van der Waals surface area contributed by atoms with Gasteiger partial charge in [0.25, 0.3) is 11.8 Å². The number of hydrogen-bond donors (Lipinski definition) is 3. The van der Waals surface area contributed by atoms with Gasteiger partial charge in [-0.2, -0.15) is 10.2 Å². The fourth-order valence-electron chi connectivity index (χ4n) is 7.84. The number of carbonyl (C=O) groups excluding carboxylic acids is 2. The molecule has 0 saturated heterocycles. The molecule has 0 aliphatic heterocycles. The van der Waals surface area contributed by atoms with Crippen molar-refractivity contribution >= 4 is 58.0 Å². The highest BCUT2D eigenvalue weighted by molar-refractivity contribution is 7.98. The minimum atomic E-state index is -0.530. The summed E-state index contributed by atoms with van der Waals surface area (Å²) in [5.74, 6) is 0.541. The molecule has 0 radical (unpaired) electrons. The normalized spacial score (nSPS) is 12.0. The molecule has 0 saturated carbocycles. The summed E-state index contributed by atoms with van der Waals surface area (Å²) in [5.41, 5.74) is 21.7. The van der Waals surface area contributed by atoms with E-state index in [2.05, 4.69) is 25.5 Å². The number of ether oxygens (including phenoxy) is 2. The Balaban J connectivity index is 1.18. The van der Waals surface area contributed by atoms with Crippen molar-refractivity contribution in [1.82, 2.24) is 29.5 Å². The Labute approximate surface area is 399 Å². The van der Waals surface area contributed by atoms with E-state index in [1.54, 1.807) is 51.2 Å². The Hall–Kier alpha value is -8.11. The molecule has 15 nitrogen and oxygen atoms in total. The molecule has 2 amide bonds. The number of pyridine rings is 2. The van der Waals surface area contributed by atoms with E-state index in [1.165, 1.54) is 11.8 Å². The van der Waals surface area contributed by atoms with Gasteiger partial charge < -0.3 is 31.2 Å². The summed E-state index contributed by atoms with van der Waals surface area (Å²) >= 11 is 1.43. The standard InChI is InChI=1S/C52H53N11O4S/c1-31-18-19-36(22-44(31)60(4)5)51(64)59-48-43(16-11-17-47(48)68-8)52(65)63(41-14-9-12-34(20-41)32(2)66-45-23-37(25-55-49(45)53)39-27-57-61(6)29-39)42-15-10-13-35(21-42)33(3)67-46-24-38(26-56-50(46)54)40-28-58-62(7)30-40/h9-30,32-33H,1-8H3,(H2,53,55)(H2,54,56)(H,59,64)/t32-,33-/m1/s1. The van der Waals surface area contributed by atoms with Gasteiger partial charge in [-0.1, -0.05) is 36.4 Å². The van der Waals surface area contributed by atoms with Crippen molar-refractivity contribution < 1.29 is 19.1 Å². The number of thioether (sulfide) groups is 1. The first-order valence-corrected chi connectivity index (χ1v) is 23.0. The zero-order valence-corrected chi connectivity index (χ0v) is 39.9. The second-order valence-corrected chi connectivity index (χ2v) is 17.5. The van der Waals surface area contributed by atoms with E-state index in [0.717, 1.165) is 49.5 Å². The number of carbonyl (C=O) groups is 2. The number of amides is 2. The molecule has 0 aliphatic rings. The maximum Gasteiger partial charge on any atom is 0.264 e. The van der Waals surface area contributed by atoms with Gasteiger partial charge in [-0.25, -0.2) is 9.97 Å². The predicted octanol–water partition coefficient (Wildman–Crippen LogP) is 10.0. The van der Waals surface area contributed by atoms with Crippen LogP contribution in [0.25, 0.3) is 22.3 Å². The quantitative estimate of drug-likeness (QED) is 0.0828. The lowest BCUT2D eigenvalue weighted by Crippen LogP contribution is -2.28. The van der Waals surface area contributed by atoms with Crippen LogP contribution in [0.1, 0.15) is 63.5 Å². The number of benzene rings is 4. The second kappa shape index (κ2) is 19.8. The number of rotatable bonds is 15. The molecular formula is C52H53N11O4S. The number of nitrogens with two attached hydrogens (primary N) is 2. The molecule has 68 heavy (non-hydrogen) atoms. The summed E-state index contributed by atoms with van der Waals surface area (Å²) < 4.78 is 16.4. The molecule has 0 bridgehead atoms. The summed E-state index contributed by atoms with van der Waals surface area (Å²) in [5, 5.41) is 11.7. The minimum Gasteiger partial charge on any atom is -0.482 e. The van der Waals surface area contributed by atoms with Gasteiger partial charge in [-0.05, 0) is 104 Å². The van der Waals surface area contributed by atoms with Crippen LogP contribution in [0.15, 0.2) is 139 Å². The lowest BCUT2D eigenvalue weighted by atomic mass is 10.0. The number of para-hydroxylation sites is 1. The van der Waals surface area contributed by atoms with Crippen molar-refractivity contribution in [2.75, 3.05) is 46.9 Å². The molecule has 4 aromatic heterocycles. The highest BCUT2D eigenvalue weighted by Gasteiger charge is 2.27. The fraction of sp³-hybridized carbons (Fsp3) is 0.192. The van der Waals surface area contributed by atoms with Crippen molar-refractivity contribution in [1.29, 1.82) is 0 Å². The number of aryl methyl sites for hydroxylation is 3. The van der Waals surface area contributed by atoms with Gasteiger partial charge in [0.1, 0.15) is 12.2 Å². The molecule has 0 unspecified atom stereocenters. The fourth-order valence-corrected chi connectivity index (χ4v) is 8.42. The zero-order chi connectivity index (χ0) is 48.2. The summed E-state index contributed by atoms with van der Waals surface area (Å²) in [6, 6.07) is 29.8. The van der Waals surface area contributed by atoms with Crippen LogP contribution in [0.2, 0.25) is 0 Å². The van der Waals surface area contributed by atoms with Crippen LogP contribution in [0.5, 0.6) is 11.5 Å². The van der Waals surface area contributed by atoms with E-state index < -0.39 is 12.2 Å². The molecule has 0 aliphatic carbocycles. The van der Waals surface area contributed by atoms with E-state index in [0.29, 0.717) is 34.1 Å². The number of aromatic nitrogens is 6. The molecule has 2 atom stereocenters. The number of nitrogens with one attached hydrogen (secondary N) is 1. The SMILES string of the molecule is CSc1cccc(C(=O)N(c2cccc([C@@H](C)Oc3cc(-c4cnn(C)c4)cnc3N)c2)c2cccc([C@@H](C)Oc3cc(-c4cnn(C)c4)cnc3N)c2)c1NC(=O)c1ccc(C)c(N(C)C)c1. The Bertz CT molecular complexity index is 3010. The third-order valence-electron chi connectivity index (χ3n) is 11.5. The molecule has 16 heteroatoms. The van der Waals surface area contributed by atoms with Crippen LogP contribution in [0.4, 0.5) is 34.4 Å². The first kappa shape index (κ1) is 46.4. The molecule has 5 N–H and O–H groups in total. The van der Waals surface area contributed by atoms with Crippen molar-refractivity contribution in [3.63, 3.8) is 0 Å². The van der Waals surface area contributed by atoms with E-state index in [1.807, 2.05) is 157 Å². The first-order valence-electron chi connectivity index (χ1n) is 21.8. The third-order valence-corrected chi connectivity index (χ3v) is 12.3.